The van der Waals surface area contributed by atoms with Crippen LogP contribution < -0.4 is 5.32 Å². The van der Waals surface area contributed by atoms with Gasteiger partial charge in [0, 0.05) is 49.1 Å². The van der Waals surface area contributed by atoms with Crippen molar-refractivity contribution in [3.63, 3.8) is 0 Å². The summed E-state index contributed by atoms with van der Waals surface area (Å²) in [5.74, 6) is -0.315. The zero-order chi connectivity index (χ0) is 22.6. The number of fused-ring (bicyclic) bond motifs is 1. The van der Waals surface area contributed by atoms with Gasteiger partial charge in [0.1, 0.15) is 0 Å². The van der Waals surface area contributed by atoms with Crippen molar-refractivity contribution in [3.8, 4) is 0 Å². The van der Waals surface area contributed by atoms with Crippen LogP contribution in [0.1, 0.15) is 34.8 Å². The molecular weight excluding hydrogens is 432 g/mol. The largest absolute Gasteiger partial charge is 0.298 e. The van der Waals surface area contributed by atoms with E-state index < -0.39 is 10.0 Å². The third-order valence-electron chi connectivity index (χ3n) is 5.13. The van der Waals surface area contributed by atoms with Gasteiger partial charge >= 0.3 is 0 Å². The highest BCUT2D eigenvalue weighted by Gasteiger charge is 2.24. The van der Waals surface area contributed by atoms with E-state index in [0.717, 1.165) is 25.2 Å². The Balaban J connectivity index is 1.71. The molecule has 9 heteroatoms. The molecule has 0 bridgehead atoms. The Morgan fingerprint density at radius 3 is 2.48 bits per heavy atom. The fraction of sp³-hybridized carbons (Fsp3) is 0.364. The van der Waals surface area contributed by atoms with E-state index in [4.69, 9.17) is 0 Å². The van der Waals surface area contributed by atoms with E-state index in [1.165, 1.54) is 56.9 Å². The maximum Gasteiger partial charge on any atom is 0.257 e. The minimum Gasteiger partial charge on any atom is -0.298 e. The number of sulfonamides is 1. The molecule has 1 aromatic heterocycles. The fourth-order valence-corrected chi connectivity index (χ4v) is 5.78. The second kappa shape index (κ2) is 9.86. The van der Waals surface area contributed by atoms with Crippen molar-refractivity contribution in [2.24, 2.45) is 0 Å². The van der Waals surface area contributed by atoms with E-state index in [0.29, 0.717) is 16.7 Å². The molecule has 0 radical (unpaired) electrons. The van der Waals surface area contributed by atoms with Gasteiger partial charge in [-0.05, 0) is 38.1 Å². The summed E-state index contributed by atoms with van der Waals surface area (Å²) < 4.78 is 26.8. The summed E-state index contributed by atoms with van der Waals surface area (Å²) in [7, 11) is -3.70. The Morgan fingerprint density at radius 2 is 1.90 bits per heavy atom. The van der Waals surface area contributed by atoms with Crippen molar-refractivity contribution >= 4 is 32.4 Å². The van der Waals surface area contributed by atoms with Gasteiger partial charge in [0.15, 0.2) is 5.13 Å². The Morgan fingerprint density at radius 1 is 1.26 bits per heavy atom. The van der Waals surface area contributed by atoms with E-state index in [1.807, 2.05) is 0 Å². The maximum atomic E-state index is 12.8. The molecule has 0 unspecified atom stereocenters. The number of hydrogen-bond donors (Lipinski definition) is 1. The third-order valence-corrected chi connectivity index (χ3v) is 7.97. The maximum absolute atomic E-state index is 12.8. The molecule has 1 amide bonds. The summed E-state index contributed by atoms with van der Waals surface area (Å²) in [4.78, 5) is 20.9. The summed E-state index contributed by atoms with van der Waals surface area (Å²) >= 11 is 1.50. The van der Waals surface area contributed by atoms with Gasteiger partial charge in [-0.15, -0.1) is 24.5 Å². The van der Waals surface area contributed by atoms with Crippen LogP contribution in [0.25, 0.3) is 0 Å². The molecule has 2 aromatic rings. The van der Waals surface area contributed by atoms with Crippen molar-refractivity contribution < 1.29 is 13.2 Å². The predicted molar refractivity (Wildman–Crippen MR) is 125 cm³/mol. The first-order valence-corrected chi connectivity index (χ1v) is 12.4. The van der Waals surface area contributed by atoms with Crippen LogP contribution in [0.3, 0.4) is 0 Å². The standard InChI is InChI=1S/C22H28N4O3S2/c1-5-12-26(13-6-2)31(28,29)18-9-7-17(8-10-18)21(27)24-22-23-19-11-14-25(16(3)4)15-20(19)30-22/h5-10,16H,1-2,11-15H2,3-4H3,(H,23,24,27). The molecule has 31 heavy (non-hydrogen) atoms. The lowest BCUT2D eigenvalue weighted by molar-refractivity contribution is 0.102. The van der Waals surface area contributed by atoms with Crippen molar-refractivity contribution in [1.82, 2.24) is 14.2 Å². The average Bonchev–Trinajstić information content (AvgIpc) is 3.15. The van der Waals surface area contributed by atoms with Crippen LogP contribution in [0.2, 0.25) is 0 Å². The van der Waals surface area contributed by atoms with Gasteiger partial charge in [-0.1, -0.05) is 12.2 Å². The van der Waals surface area contributed by atoms with Gasteiger partial charge in [-0.2, -0.15) is 4.31 Å². The SMILES string of the molecule is C=CCN(CC=C)S(=O)(=O)c1ccc(C(=O)Nc2nc3c(s2)CN(C(C)C)CC3)cc1. The first kappa shape index (κ1) is 23.3. The Labute approximate surface area is 188 Å². The number of benzene rings is 1. The minimum absolute atomic E-state index is 0.117. The van der Waals surface area contributed by atoms with Gasteiger partial charge in [0.25, 0.3) is 5.91 Å². The smallest absolute Gasteiger partial charge is 0.257 e. The van der Waals surface area contributed by atoms with E-state index in [1.54, 1.807) is 0 Å². The number of thiazole rings is 1. The number of rotatable bonds is 9. The van der Waals surface area contributed by atoms with Crippen molar-refractivity contribution in [2.45, 2.75) is 37.8 Å². The highest BCUT2D eigenvalue weighted by Crippen LogP contribution is 2.29. The predicted octanol–water partition coefficient (Wildman–Crippen LogP) is 3.52. The average molecular weight is 461 g/mol. The molecule has 1 aliphatic heterocycles. The lowest BCUT2D eigenvalue weighted by atomic mass is 10.1. The normalized spacial score (nSPS) is 14.5. The van der Waals surface area contributed by atoms with Crippen LogP contribution in [-0.2, 0) is 23.0 Å². The molecule has 1 aromatic carbocycles. The van der Waals surface area contributed by atoms with E-state index in [-0.39, 0.29) is 23.9 Å². The summed E-state index contributed by atoms with van der Waals surface area (Å²) in [6, 6.07) is 6.37. The van der Waals surface area contributed by atoms with Crippen LogP contribution in [0.5, 0.6) is 0 Å². The van der Waals surface area contributed by atoms with Crippen LogP contribution >= 0.6 is 11.3 Å². The highest BCUT2D eigenvalue weighted by atomic mass is 32.2. The zero-order valence-electron chi connectivity index (χ0n) is 17.9. The molecule has 3 rings (SSSR count). The number of aromatic nitrogens is 1. The summed E-state index contributed by atoms with van der Waals surface area (Å²) in [6.45, 7) is 13.7. The molecule has 0 saturated carbocycles. The topological polar surface area (TPSA) is 82.6 Å². The quantitative estimate of drug-likeness (QED) is 0.579. The van der Waals surface area contributed by atoms with E-state index in [9.17, 15) is 13.2 Å². The lowest BCUT2D eigenvalue weighted by Crippen LogP contribution is -2.35. The summed E-state index contributed by atoms with van der Waals surface area (Å²) in [5, 5.41) is 3.41. The number of nitrogens with one attached hydrogen (secondary N) is 1. The molecule has 0 atom stereocenters. The van der Waals surface area contributed by atoms with Crippen molar-refractivity contribution in [1.29, 1.82) is 0 Å². The second-order valence-electron chi connectivity index (χ2n) is 7.58. The Bertz CT molecular complexity index is 1050. The van der Waals surface area contributed by atoms with Crippen LogP contribution in [0.15, 0.2) is 54.5 Å². The first-order chi connectivity index (χ1) is 14.8. The molecule has 0 fully saturated rings. The molecular formula is C22H28N4O3S2. The van der Waals surface area contributed by atoms with Crippen molar-refractivity contribution in [2.75, 3.05) is 25.0 Å². The molecule has 1 aliphatic rings. The highest BCUT2D eigenvalue weighted by molar-refractivity contribution is 7.89. The van der Waals surface area contributed by atoms with Crippen LogP contribution in [-0.4, -0.2) is 54.2 Å². The number of anilines is 1. The number of amides is 1. The molecule has 7 nitrogen and oxygen atoms in total. The first-order valence-electron chi connectivity index (χ1n) is 10.1. The molecule has 0 spiro atoms. The van der Waals surface area contributed by atoms with Crippen LogP contribution in [0.4, 0.5) is 5.13 Å². The van der Waals surface area contributed by atoms with E-state index in [2.05, 4.69) is 42.2 Å². The monoisotopic (exact) mass is 460 g/mol. The Kier molecular flexibility index (Phi) is 7.42. The number of hydrogen-bond acceptors (Lipinski definition) is 6. The van der Waals surface area contributed by atoms with Crippen molar-refractivity contribution in [3.05, 3.63) is 65.7 Å². The molecule has 0 saturated heterocycles. The van der Waals surface area contributed by atoms with Gasteiger partial charge in [0.05, 0.1) is 10.6 Å². The van der Waals surface area contributed by atoms with Gasteiger partial charge in [-0.25, -0.2) is 13.4 Å². The fourth-order valence-electron chi connectivity index (χ4n) is 3.36. The number of carbonyl (C=O) groups excluding carboxylic acids is 1. The second-order valence-corrected chi connectivity index (χ2v) is 10.6. The molecule has 1 N–H and O–H groups in total. The van der Waals surface area contributed by atoms with E-state index >= 15 is 0 Å². The molecule has 166 valence electrons. The minimum atomic E-state index is -3.70. The molecule has 2 heterocycles. The van der Waals surface area contributed by atoms with Gasteiger partial charge < -0.3 is 0 Å². The van der Waals surface area contributed by atoms with Crippen LogP contribution in [0, 0.1) is 0 Å². The third kappa shape index (κ3) is 5.30. The summed E-state index contributed by atoms with van der Waals surface area (Å²) in [6.07, 6.45) is 3.92. The number of carbonyl (C=O) groups is 1. The lowest BCUT2D eigenvalue weighted by Gasteiger charge is -2.29. The van der Waals surface area contributed by atoms with Gasteiger partial charge in [0.2, 0.25) is 10.0 Å². The molecule has 0 aliphatic carbocycles. The number of nitrogens with zero attached hydrogens (tertiary/aromatic N) is 3. The van der Waals surface area contributed by atoms with Gasteiger partial charge in [-0.3, -0.25) is 15.0 Å². The zero-order valence-corrected chi connectivity index (χ0v) is 19.5. The Hall–Kier alpha value is -2.33. The summed E-state index contributed by atoms with van der Waals surface area (Å²) in [5.41, 5.74) is 1.41.